The van der Waals surface area contributed by atoms with Crippen LogP contribution in [-0.4, -0.2) is 29.2 Å². The molecule has 0 aromatic heterocycles. The topological polar surface area (TPSA) is 46.5 Å². The Kier molecular flexibility index (Phi) is 1.51. The molecule has 1 aliphatic carbocycles. The summed E-state index contributed by atoms with van der Waals surface area (Å²) < 4.78 is 5.17. The molecule has 1 aliphatic heterocycles. The molecule has 2 atom stereocenters. The summed E-state index contributed by atoms with van der Waals surface area (Å²) in [6, 6.07) is 0. The number of fused-ring (bicyclic) bond motifs is 1. The Morgan fingerprint density at radius 2 is 2.36 bits per heavy atom. The van der Waals surface area contributed by atoms with Crippen LogP contribution in [0.5, 0.6) is 0 Å². The molecule has 0 bridgehead atoms. The molecule has 62 valence electrons. The third-order valence-corrected chi connectivity index (χ3v) is 2.71. The molecule has 3 heteroatoms. The van der Waals surface area contributed by atoms with E-state index in [9.17, 15) is 9.90 Å². The number of Topliss-reactive ketones (excluding diaryl/α,β-unsaturated/α-hetero) is 1. The maximum absolute atomic E-state index is 11.2. The lowest BCUT2D eigenvalue weighted by molar-refractivity contribution is -0.136. The van der Waals surface area contributed by atoms with Gasteiger partial charge in [-0.2, -0.15) is 0 Å². The molecule has 1 saturated carbocycles. The van der Waals surface area contributed by atoms with Gasteiger partial charge in [-0.05, 0) is 19.3 Å². The van der Waals surface area contributed by atoms with Crippen molar-refractivity contribution in [3.8, 4) is 0 Å². The van der Waals surface area contributed by atoms with E-state index in [1.165, 1.54) is 0 Å². The predicted molar refractivity (Wildman–Crippen MR) is 38.2 cm³/mol. The Morgan fingerprint density at radius 1 is 1.55 bits per heavy atom. The van der Waals surface area contributed by atoms with Crippen molar-refractivity contribution in [1.29, 1.82) is 0 Å². The van der Waals surface area contributed by atoms with E-state index in [0.717, 1.165) is 19.3 Å². The lowest BCUT2D eigenvalue weighted by atomic mass is 9.81. The molecule has 11 heavy (non-hydrogen) atoms. The van der Waals surface area contributed by atoms with Gasteiger partial charge in [0.2, 0.25) is 0 Å². The molecular weight excluding hydrogens is 144 g/mol. The van der Waals surface area contributed by atoms with Gasteiger partial charge in [0.15, 0.2) is 11.4 Å². The second kappa shape index (κ2) is 2.29. The molecule has 0 amide bonds. The first-order valence-corrected chi connectivity index (χ1v) is 4.11. The predicted octanol–water partition coefficient (Wildman–Crippen LogP) is 0.259. The molecule has 0 spiro atoms. The number of hydrogen-bond acceptors (Lipinski definition) is 3. The van der Waals surface area contributed by atoms with Crippen LogP contribution in [0.15, 0.2) is 0 Å². The van der Waals surface area contributed by atoms with Crippen molar-refractivity contribution >= 4 is 5.78 Å². The quantitative estimate of drug-likeness (QED) is 0.547. The molecule has 1 N–H and O–H groups in total. The Hall–Kier alpha value is -0.410. The average molecular weight is 156 g/mol. The summed E-state index contributed by atoms with van der Waals surface area (Å²) in [6.07, 6.45) is 3.24. The van der Waals surface area contributed by atoms with Gasteiger partial charge in [0.1, 0.15) is 6.61 Å². The molecule has 1 saturated heterocycles. The molecule has 0 radical (unpaired) electrons. The number of carbonyl (C=O) groups excluding carboxylic acids is 1. The van der Waals surface area contributed by atoms with Gasteiger partial charge in [-0.1, -0.05) is 6.42 Å². The number of ketones is 1. The maximum Gasteiger partial charge on any atom is 0.192 e. The summed E-state index contributed by atoms with van der Waals surface area (Å²) in [6.45, 7) is 0.112. The van der Waals surface area contributed by atoms with Gasteiger partial charge >= 0.3 is 0 Å². The van der Waals surface area contributed by atoms with Crippen LogP contribution in [-0.2, 0) is 9.53 Å². The summed E-state index contributed by atoms with van der Waals surface area (Å²) in [5, 5.41) is 9.80. The molecule has 2 fully saturated rings. The minimum Gasteiger partial charge on any atom is -0.379 e. The summed E-state index contributed by atoms with van der Waals surface area (Å²) >= 11 is 0. The van der Waals surface area contributed by atoms with Crippen molar-refractivity contribution in [3.63, 3.8) is 0 Å². The smallest absolute Gasteiger partial charge is 0.192 e. The van der Waals surface area contributed by atoms with Crippen LogP contribution >= 0.6 is 0 Å². The zero-order chi connectivity index (χ0) is 7.90. The fraction of sp³-hybridized carbons (Fsp3) is 0.875. The monoisotopic (exact) mass is 156 g/mol. The van der Waals surface area contributed by atoms with Gasteiger partial charge in [0.05, 0.1) is 6.10 Å². The third kappa shape index (κ3) is 0.914. The van der Waals surface area contributed by atoms with E-state index in [1.807, 2.05) is 0 Å². The van der Waals surface area contributed by atoms with E-state index in [-0.39, 0.29) is 18.5 Å². The van der Waals surface area contributed by atoms with E-state index in [1.54, 1.807) is 0 Å². The lowest BCUT2D eigenvalue weighted by Crippen LogP contribution is -2.46. The highest BCUT2D eigenvalue weighted by Crippen LogP contribution is 2.35. The molecule has 1 heterocycles. The van der Waals surface area contributed by atoms with E-state index in [4.69, 9.17) is 4.74 Å². The molecular formula is C8H12O3. The van der Waals surface area contributed by atoms with Crippen LogP contribution < -0.4 is 0 Å². The molecule has 3 nitrogen and oxygen atoms in total. The summed E-state index contributed by atoms with van der Waals surface area (Å²) in [5.74, 6) is -0.123. The van der Waals surface area contributed by atoms with Crippen LogP contribution in [0.25, 0.3) is 0 Å². The van der Waals surface area contributed by atoms with E-state index in [0.29, 0.717) is 6.42 Å². The van der Waals surface area contributed by atoms with Crippen molar-refractivity contribution in [1.82, 2.24) is 0 Å². The highest BCUT2D eigenvalue weighted by Gasteiger charge is 2.50. The minimum absolute atomic E-state index is 0.112. The Balaban J connectivity index is 2.23. The second-order valence-corrected chi connectivity index (χ2v) is 3.39. The van der Waals surface area contributed by atoms with E-state index in [2.05, 4.69) is 0 Å². The average Bonchev–Trinajstić information content (AvgIpc) is 2.29. The molecule has 2 rings (SSSR count). The van der Waals surface area contributed by atoms with Crippen LogP contribution in [0, 0.1) is 0 Å². The number of rotatable bonds is 0. The maximum atomic E-state index is 11.2. The first-order chi connectivity index (χ1) is 5.23. The summed E-state index contributed by atoms with van der Waals surface area (Å²) in [4.78, 5) is 11.2. The van der Waals surface area contributed by atoms with Crippen molar-refractivity contribution in [2.75, 3.05) is 6.61 Å². The number of ether oxygens (including phenoxy) is 1. The Morgan fingerprint density at radius 3 is 3.09 bits per heavy atom. The molecule has 0 aromatic rings. The fourth-order valence-electron chi connectivity index (χ4n) is 1.97. The van der Waals surface area contributed by atoms with Gasteiger partial charge in [-0.15, -0.1) is 0 Å². The highest BCUT2D eigenvalue weighted by molar-refractivity contribution is 5.90. The fourth-order valence-corrected chi connectivity index (χ4v) is 1.97. The van der Waals surface area contributed by atoms with Crippen LogP contribution in [0.2, 0.25) is 0 Å². The standard InChI is InChI=1S/C8H12O3/c9-6-5-11-7-3-1-2-4-8(6,7)10/h7,10H,1-5H2/t7-,8-/m0/s1. The van der Waals surface area contributed by atoms with Gasteiger partial charge in [-0.25, -0.2) is 0 Å². The Bertz CT molecular complexity index is 190. The van der Waals surface area contributed by atoms with Crippen LogP contribution in [0.1, 0.15) is 25.7 Å². The number of carbonyl (C=O) groups is 1. The van der Waals surface area contributed by atoms with Crippen molar-refractivity contribution in [3.05, 3.63) is 0 Å². The van der Waals surface area contributed by atoms with Crippen molar-refractivity contribution < 1.29 is 14.6 Å². The summed E-state index contributed by atoms with van der Waals surface area (Å²) in [7, 11) is 0. The van der Waals surface area contributed by atoms with Gasteiger partial charge < -0.3 is 9.84 Å². The number of aliphatic hydroxyl groups is 1. The highest BCUT2D eigenvalue weighted by atomic mass is 16.5. The van der Waals surface area contributed by atoms with Crippen molar-refractivity contribution in [2.24, 2.45) is 0 Å². The zero-order valence-corrected chi connectivity index (χ0v) is 6.38. The van der Waals surface area contributed by atoms with Crippen molar-refractivity contribution in [2.45, 2.75) is 37.4 Å². The molecule has 2 aliphatic rings. The normalized spacial score (nSPS) is 44.1. The largest absolute Gasteiger partial charge is 0.379 e. The second-order valence-electron chi connectivity index (χ2n) is 3.39. The lowest BCUT2D eigenvalue weighted by Gasteiger charge is -2.30. The van der Waals surface area contributed by atoms with Crippen LogP contribution in [0.4, 0.5) is 0 Å². The first kappa shape index (κ1) is 7.25. The van der Waals surface area contributed by atoms with Gasteiger partial charge in [0.25, 0.3) is 0 Å². The number of hydrogen-bond donors (Lipinski definition) is 1. The van der Waals surface area contributed by atoms with Crippen LogP contribution in [0.3, 0.4) is 0 Å². The zero-order valence-electron chi connectivity index (χ0n) is 6.38. The van der Waals surface area contributed by atoms with Gasteiger partial charge in [-0.3, -0.25) is 4.79 Å². The molecule has 0 aromatic carbocycles. The third-order valence-electron chi connectivity index (χ3n) is 2.71. The van der Waals surface area contributed by atoms with E-state index < -0.39 is 5.60 Å². The van der Waals surface area contributed by atoms with E-state index >= 15 is 0 Å². The Labute approximate surface area is 65.4 Å². The minimum atomic E-state index is -1.11. The SMILES string of the molecule is O=C1CO[C@H]2CCCC[C@]12O. The van der Waals surface area contributed by atoms with Gasteiger partial charge in [0, 0.05) is 0 Å². The molecule has 0 unspecified atom stereocenters. The summed E-state index contributed by atoms with van der Waals surface area (Å²) in [5.41, 5.74) is -1.11. The first-order valence-electron chi connectivity index (χ1n) is 4.11.